The van der Waals surface area contributed by atoms with Crippen LogP contribution in [0.5, 0.6) is 5.75 Å². The van der Waals surface area contributed by atoms with E-state index in [4.69, 9.17) is 5.73 Å². The van der Waals surface area contributed by atoms with E-state index in [1.807, 2.05) is 31.2 Å². The number of aliphatic hydroxyl groups is 1. The number of primary amides is 1. The molecule has 0 aliphatic heterocycles. The largest absolute Gasteiger partial charge is 0.507 e. The van der Waals surface area contributed by atoms with Crippen molar-refractivity contribution in [2.45, 2.75) is 39.2 Å². The zero-order valence-corrected chi connectivity index (χ0v) is 20.9. The van der Waals surface area contributed by atoms with Gasteiger partial charge >= 0.3 is 0 Å². The number of phenols is 1. The number of carbonyl (C=O) groups is 5. The molecule has 2 aromatic rings. The molecular formula is C29H29NO7. The Morgan fingerprint density at radius 3 is 2.27 bits per heavy atom. The van der Waals surface area contributed by atoms with Crippen LogP contribution < -0.4 is 5.73 Å². The number of ketones is 4. The van der Waals surface area contributed by atoms with Crippen LogP contribution in [0, 0.1) is 42.4 Å². The first kappa shape index (κ1) is 25.0. The molecular weight excluding hydrogens is 474 g/mol. The van der Waals surface area contributed by atoms with E-state index in [1.54, 1.807) is 19.9 Å². The third-order valence-electron chi connectivity index (χ3n) is 8.56. The highest BCUT2D eigenvalue weighted by Gasteiger charge is 2.69. The summed E-state index contributed by atoms with van der Waals surface area (Å²) in [5.41, 5.74) is 5.93. The number of hydrogen-bond donors (Lipinski definition) is 3. The molecule has 0 aromatic heterocycles. The second-order valence-corrected chi connectivity index (χ2v) is 11.0. The Balaban J connectivity index is 1.66. The summed E-state index contributed by atoms with van der Waals surface area (Å²) in [6.07, 6.45) is 0.307. The van der Waals surface area contributed by atoms with Crippen LogP contribution in [0.15, 0.2) is 36.4 Å². The number of amides is 1. The number of phenolic OH excluding ortho intramolecular Hbond substituents is 1. The fraction of sp³-hybridized carbons (Fsp3) is 0.414. The van der Waals surface area contributed by atoms with Gasteiger partial charge in [-0.3, -0.25) is 24.0 Å². The molecule has 2 aromatic carbocycles. The molecule has 0 spiro atoms. The summed E-state index contributed by atoms with van der Waals surface area (Å²) >= 11 is 0. The molecule has 8 nitrogen and oxygen atoms in total. The lowest BCUT2D eigenvalue weighted by Crippen LogP contribution is -2.71. The van der Waals surface area contributed by atoms with E-state index in [-0.39, 0.29) is 30.1 Å². The number of aryl methyl sites for hydroxylation is 1. The molecule has 4 N–H and O–H groups in total. The van der Waals surface area contributed by atoms with Crippen molar-refractivity contribution in [3.8, 4) is 16.9 Å². The van der Waals surface area contributed by atoms with Crippen molar-refractivity contribution in [2.75, 3.05) is 0 Å². The summed E-state index contributed by atoms with van der Waals surface area (Å²) in [6, 6.07) is 10.8. The summed E-state index contributed by atoms with van der Waals surface area (Å²) in [6.45, 7) is 5.41. The summed E-state index contributed by atoms with van der Waals surface area (Å²) in [7, 11) is 0. The van der Waals surface area contributed by atoms with Crippen LogP contribution in [0.4, 0.5) is 0 Å². The zero-order valence-electron chi connectivity index (χ0n) is 20.9. The van der Waals surface area contributed by atoms with Gasteiger partial charge in [0, 0.05) is 11.8 Å². The molecule has 2 unspecified atom stereocenters. The molecule has 0 radical (unpaired) electrons. The SMILES string of the molecule is Cc1ccc(-c2ccc(O)c3c2C[C@H]2C[C@H]4[C@H](C(C)C)C(=O)C(C(N)=O)C(=O)[C@@]4(O)C(=O)C2C3=O)cc1. The minimum absolute atomic E-state index is 0.000852. The maximum atomic E-state index is 13.9. The van der Waals surface area contributed by atoms with Crippen LogP contribution in [0.2, 0.25) is 0 Å². The second-order valence-electron chi connectivity index (χ2n) is 11.0. The smallest absolute Gasteiger partial charge is 0.235 e. The third kappa shape index (κ3) is 3.42. The minimum Gasteiger partial charge on any atom is -0.507 e. The number of nitrogens with two attached hydrogens (primary N) is 1. The van der Waals surface area contributed by atoms with Crippen molar-refractivity contribution in [1.82, 2.24) is 0 Å². The Hall–Kier alpha value is -3.65. The second kappa shape index (κ2) is 8.45. The normalized spacial score (nSPS) is 31.1. The fourth-order valence-electron chi connectivity index (χ4n) is 6.86. The van der Waals surface area contributed by atoms with E-state index in [9.17, 15) is 34.2 Å². The molecule has 1 amide bonds. The Morgan fingerprint density at radius 2 is 1.68 bits per heavy atom. The molecule has 3 aliphatic carbocycles. The lowest BCUT2D eigenvalue weighted by Gasteiger charge is -2.52. The number of benzene rings is 2. The average molecular weight is 504 g/mol. The predicted octanol–water partition coefficient (Wildman–Crippen LogP) is 2.18. The Labute approximate surface area is 213 Å². The third-order valence-corrected chi connectivity index (χ3v) is 8.56. The van der Waals surface area contributed by atoms with Crippen LogP contribution in [0.3, 0.4) is 0 Å². The lowest BCUT2D eigenvalue weighted by molar-refractivity contribution is -0.182. The molecule has 8 heteroatoms. The first-order valence-corrected chi connectivity index (χ1v) is 12.5. The highest BCUT2D eigenvalue weighted by Crippen LogP contribution is 2.53. The molecule has 3 aliphatic rings. The van der Waals surface area contributed by atoms with Crippen molar-refractivity contribution < 1.29 is 34.2 Å². The standard InChI is InChI=1S/C29H29NO7/c1-12(2)20-18-11-15-10-17-16(14-6-4-13(3)5-7-14)8-9-19(31)22(17)25(33)21(15)26(34)29(18,37)27(35)23(24(20)32)28(30)36/h4-9,12,15,18,20-21,23,31,37H,10-11H2,1-3H3,(H2,30,36)/t15-,18-,20-,21?,23?,29-/m0/s1. The number of fused-ring (bicyclic) bond motifs is 3. The molecule has 2 fully saturated rings. The molecule has 5 rings (SSSR count). The monoisotopic (exact) mass is 503 g/mol. The molecule has 192 valence electrons. The van der Waals surface area contributed by atoms with Gasteiger partial charge in [0.25, 0.3) is 0 Å². The van der Waals surface area contributed by atoms with Gasteiger partial charge in [0.15, 0.2) is 34.7 Å². The van der Waals surface area contributed by atoms with Gasteiger partial charge in [-0.05, 0) is 54.4 Å². The number of Topliss-reactive ketones (excluding diaryl/α,β-unsaturated/α-hetero) is 4. The number of hydrogen-bond acceptors (Lipinski definition) is 7. The highest BCUT2D eigenvalue weighted by molar-refractivity contribution is 6.32. The van der Waals surface area contributed by atoms with E-state index in [0.29, 0.717) is 5.56 Å². The van der Waals surface area contributed by atoms with Gasteiger partial charge in [0.1, 0.15) is 5.75 Å². The summed E-state index contributed by atoms with van der Waals surface area (Å²) in [5, 5.41) is 22.3. The lowest BCUT2D eigenvalue weighted by atomic mass is 9.49. The van der Waals surface area contributed by atoms with Crippen LogP contribution in [-0.2, 0) is 25.6 Å². The highest BCUT2D eigenvalue weighted by atomic mass is 16.3. The summed E-state index contributed by atoms with van der Waals surface area (Å²) < 4.78 is 0. The molecule has 0 bridgehead atoms. The van der Waals surface area contributed by atoms with Gasteiger partial charge in [-0.25, -0.2) is 0 Å². The van der Waals surface area contributed by atoms with Crippen LogP contribution in [-0.4, -0.2) is 44.9 Å². The van der Waals surface area contributed by atoms with Crippen molar-refractivity contribution in [3.05, 3.63) is 53.1 Å². The van der Waals surface area contributed by atoms with Gasteiger partial charge in [-0.2, -0.15) is 0 Å². The first-order chi connectivity index (χ1) is 17.4. The quantitative estimate of drug-likeness (QED) is 0.543. The molecule has 0 heterocycles. The van der Waals surface area contributed by atoms with Gasteiger partial charge in [-0.15, -0.1) is 0 Å². The molecule has 37 heavy (non-hydrogen) atoms. The predicted molar refractivity (Wildman–Crippen MR) is 132 cm³/mol. The van der Waals surface area contributed by atoms with E-state index >= 15 is 0 Å². The Bertz CT molecular complexity index is 1380. The fourth-order valence-corrected chi connectivity index (χ4v) is 6.86. The van der Waals surface area contributed by atoms with Gasteiger partial charge in [0.2, 0.25) is 5.91 Å². The van der Waals surface area contributed by atoms with Gasteiger partial charge in [0.05, 0.1) is 11.5 Å². The number of rotatable bonds is 3. The van der Waals surface area contributed by atoms with Crippen molar-refractivity contribution >= 4 is 29.0 Å². The van der Waals surface area contributed by atoms with E-state index in [2.05, 4.69) is 0 Å². The maximum absolute atomic E-state index is 13.9. The Morgan fingerprint density at radius 1 is 1.03 bits per heavy atom. The maximum Gasteiger partial charge on any atom is 0.235 e. The molecule has 6 atom stereocenters. The van der Waals surface area contributed by atoms with Gasteiger partial charge in [-0.1, -0.05) is 49.7 Å². The van der Waals surface area contributed by atoms with Crippen molar-refractivity contribution in [1.29, 1.82) is 0 Å². The average Bonchev–Trinajstić information content (AvgIpc) is 2.82. The zero-order chi connectivity index (χ0) is 27.0. The van der Waals surface area contributed by atoms with E-state index in [0.717, 1.165) is 16.7 Å². The molecule has 0 saturated heterocycles. The Kier molecular flexibility index (Phi) is 5.71. The summed E-state index contributed by atoms with van der Waals surface area (Å²) in [5.74, 6) is -11.4. The topological polar surface area (TPSA) is 152 Å². The number of aromatic hydroxyl groups is 1. The summed E-state index contributed by atoms with van der Waals surface area (Å²) in [4.78, 5) is 66.2. The first-order valence-electron chi connectivity index (χ1n) is 12.5. The van der Waals surface area contributed by atoms with E-state index in [1.165, 1.54) is 6.07 Å². The van der Waals surface area contributed by atoms with Gasteiger partial charge < -0.3 is 15.9 Å². The number of carbonyl (C=O) groups excluding carboxylic acids is 5. The molecule has 2 saturated carbocycles. The van der Waals surface area contributed by atoms with E-state index < -0.39 is 64.2 Å². The van der Waals surface area contributed by atoms with Crippen molar-refractivity contribution in [3.63, 3.8) is 0 Å². The minimum atomic E-state index is -2.68. The van der Waals surface area contributed by atoms with Crippen LogP contribution in [0.1, 0.15) is 41.8 Å². The van der Waals surface area contributed by atoms with Crippen LogP contribution in [0.25, 0.3) is 11.1 Å². The van der Waals surface area contributed by atoms with Crippen molar-refractivity contribution in [2.24, 2.45) is 41.2 Å². The van der Waals surface area contributed by atoms with Crippen LogP contribution >= 0.6 is 0 Å².